The van der Waals surface area contributed by atoms with Crippen molar-refractivity contribution in [2.45, 2.75) is 77.8 Å². The molecule has 0 radical (unpaired) electrons. The Labute approximate surface area is 183 Å². The smallest absolute Gasteiger partial charge is 0.351 e. The third-order valence-electron chi connectivity index (χ3n) is 5.61. The first-order valence-corrected chi connectivity index (χ1v) is 10.8. The fourth-order valence-corrected chi connectivity index (χ4v) is 4.34. The van der Waals surface area contributed by atoms with Crippen LogP contribution in [0.25, 0.3) is 0 Å². The Morgan fingerprint density at radius 1 is 1.23 bits per heavy atom. The number of ether oxygens (including phenoxy) is 3. The molecule has 1 aromatic carbocycles. The largest absolute Gasteiger partial charge is 0.460 e. The number of benzene rings is 1. The molecule has 0 saturated carbocycles. The zero-order chi connectivity index (χ0) is 23.0. The second-order valence-corrected chi connectivity index (χ2v) is 9.91. The maximum Gasteiger partial charge on any atom is 0.351 e. The number of rotatable bonds is 5. The van der Waals surface area contributed by atoms with Crippen LogP contribution in [0.15, 0.2) is 42.0 Å². The molecule has 2 saturated heterocycles. The van der Waals surface area contributed by atoms with Crippen LogP contribution < -0.4 is 0 Å². The average Bonchev–Trinajstić information content (AvgIpc) is 2.88. The zero-order valence-corrected chi connectivity index (χ0v) is 19.2. The summed E-state index contributed by atoms with van der Waals surface area (Å²) < 4.78 is 17.4. The molecule has 6 nitrogen and oxygen atoms in total. The predicted molar refractivity (Wildman–Crippen MR) is 115 cm³/mol. The molecule has 3 atom stereocenters. The SMILES string of the molecule is CC(C)/C=C1\[C@H](C(=O)OCc2ccccc2)[C@]2(C)CCC(=O)[C@@]1(C(=O)OC(C)(C)C)O2. The number of allylic oxidation sites excluding steroid dienone is 1. The van der Waals surface area contributed by atoms with E-state index in [0.29, 0.717) is 12.0 Å². The third kappa shape index (κ3) is 4.45. The van der Waals surface area contributed by atoms with Crippen LogP contribution in [-0.2, 0) is 35.2 Å². The van der Waals surface area contributed by atoms with Crippen molar-refractivity contribution in [2.75, 3.05) is 0 Å². The van der Waals surface area contributed by atoms with Gasteiger partial charge in [-0.05, 0) is 51.2 Å². The summed E-state index contributed by atoms with van der Waals surface area (Å²) in [5, 5.41) is 0. The van der Waals surface area contributed by atoms with E-state index in [9.17, 15) is 14.4 Å². The maximum absolute atomic E-state index is 13.3. The molecule has 0 unspecified atom stereocenters. The van der Waals surface area contributed by atoms with Crippen LogP contribution in [0.3, 0.4) is 0 Å². The van der Waals surface area contributed by atoms with Crippen molar-refractivity contribution in [3.05, 3.63) is 47.5 Å². The van der Waals surface area contributed by atoms with Gasteiger partial charge in [0.1, 0.15) is 18.1 Å². The fourth-order valence-electron chi connectivity index (χ4n) is 4.34. The summed E-state index contributed by atoms with van der Waals surface area (Å²) in [7, 11) is 0. The average molecular weight is 429 g/mol. The van der Waals surface area contributed by atoms with Crippen LogP contribution in [-0.4, -0.2) is 34.5 Å². The fraction of sp³-hybridized carbons (Fsp3) is 0.560. The van der Waals surface area contributed by atoms with Crippen LogP contribution >= 0.6 is 0 Å². The van der Waals surface area contributed by atoms with E-state index in [1.54, 1.807) is 33.8 Å². The highest BCUT2D eigenvalue weighted by Gasteiger charge is 2.70. The second-order valence-electron chi connectivity index (χ2n) is 9.91. The van der Waals surface area contributed by atoms with Crippen molar-refractivity contribution >= 4 is 17.7 Å². The molecule has 0 aromatic heterocycles. The van der Waals surface area contributed by atoms with Crippen LogP contribution in [0.4, 0.5) is 0 Å². The number of fused-ring (bicyclic) bond motifs is 2. The minimum Gasteiger partial charge on any atom is -0.460 e. The summed E-state index contributed by atoms with van der Waals surface area (Å²) in [6.07, 6.45) is 2.25. The van der Waals surface area contributed by atoms with Crippen molar-refractivity contribution in [1.29, 1.82) is 0 Å². The first-order valence-electron chi connectivity index (χ1n) is 10.8. The van der Waals surface area contributed by atoms with Crippen LogP contribution in [0.5, 0.6) is 0 Å². The molecule has 31 heavy (non-hydrogen) atoms. The van der Waals surface area contributed by atoms with E-state index in [0.717, 1.165) is 5.56 Å². The Morgan fingerprint density at radius 3 is 2.45 bits per heavy atom. The highest BCUT2D eigenvalue weighted by molar-refractivity contribution is 6.13. The van der Waals surface area contributed by atoms with Crippen molar-refractivity contribution in [3.8, 4) is 0 Å². The van der Waals surface area contributed by atoms with Gasteiger partial charge in [-0.1, -0.05) is 50.3 Å². The van der Waals surface area contributed by atoms with Gasteiger partial charge in [0, 0.05) is 6.42 Å². The summed E-state index contributed by atoms with van der Waals surface area (Å²) in [4.78, 5) is 39.8. The van der Waals surface area contributed by atoms with Gasteiger partial charge in [-0.15, -0.1) is 0 Å². The normalized spacial score (nSPS) is 29.3. The van der Waals surface area contributed by atoms with Gasteiger partial charge in [0.15, 0.2) is 5.78 Å². The van der Waals surface area contributed by atoms with Crippen molar-refractivity contribution in [3.63, 3.8) is 0 Å². The number of carbonyl (C=O) groups excluding carboxylic acids is 3. The molecular formula is C25H32O6. The molecule has 2 fully saturated rings. The number of esters is 2. The lowest BCUT2D eigenvalue weighted by Gasteiger charge is -2.37. The maximum atomic E-state index is 13.3. The Balaban J connectivity index is 2.01. The van der Waals surface area contributed by atoms with E-state index >= 15 is 0 Å². The number of ketones is 1. The lowest BCUT2D eigenvalue weighted by molar-refractivity contribution is -0.198. The highest BCUT2D eigenvalue weighted by Crippen LogP contribution is 2.55. The number of carbonyl (C=O) groups is 3. The molecule has 0 amide bonds. The quantitative estimate of drug-likeness (QED) is 0.398. The van der Waals surface area contributed by atoms with Crippen LogP contribution in [0, 0.1) is 11.8 Å². The van der Waals surface area contributed by atoms with Gasteiger partial charge in [-0.2, -0.15) is 0 Å². The molecule has 0 aliphatic carbocycles. The van der Waals surface area contributed by atoms with Gasteiger partial charge in [0.25, 0.3) is 0 Å². The molecule has 0 N–H and O–H groups in total. The highest BCUT2D eigenvalue weighted by atomic mass is 16.6. The van der Waals surface area contributed by atoms with Gasteiger partial charge < -0.3 is 14.2 Å². The zero-order valence-electron chi connectivity index (χ0n) is 19.2. The number of hydrogen-bond donors (Lipinski definition) is 0. The van der Waals surface area contributed by atoms with Gasteiger partial charge >= 0.3 is 11.9 Å². The van der Waals surface area contributed by atoms with E-state index < -0.39 is 34.7 Å². The van der Waals surface area contributed by atoms with Gasteiger partial charge in [0.05, 0.1) is 5.60 Å². The third-order valence-corrected chi connectivity index (χ3v) is 5.61. The van der Waals surface area contributed by atoms with Gasteiger partial charge in [-0.25, -0.2) is 4.79 Å². The second kappa shape index (κ2) is 8.23. The van der Waals surface area contributed by atoms with Crippen molar-refractivity contribution in [2.24, 2.45) is 11.8 Å². The monoisotopic (exact) mass is 428 g/mol. The van der Waals surface area contributed by atoms with E-state index in [1.807, 2.05) is 44.2 Å². The standard InChI is InChI=1S/C25H32O6/c1-16(2)14-18-20(21(27)29-15-17-10-8-7-9-11-17)24(6)13-12-19(26)25(18,31-24)22(28)30-23(3,4)5/h7-11,14,16,20H,12-13,15H2,1-6H3/b18-14+/t20-,24+,25+/m1/s1. The van der Waals surface area contributed by atoms with Crippen molar-refractivity contribution < 1.29 is 28.6 Å². The Morgan fingerprint density at radius 2 is 1.87 bits per heavy atom. The van der Waals surface area contributed by atoms with Crippen molar-refractivity contribution in [1.82, 2.24) is 0 Å². The summed E-state index contributed by atoms with van der Waals surface area (Å²) >= 11 is 0. The molecule has 2 heterocycles. The summed E-state index contributed by atoms with van der Waals surface area (Å²) in [6, 6.07) is 9.37. The van der Waals surface area contributed by atoms with E-state index in [-0.39, 0.29) is 24.7 Å². The number of hydrogen-bond acceptors (Lipinski definition) is 6. The Hall–Kier alpha value is -2.47. The van der Waals surface area contributed by atoms with Gasteiger partial charge in [0.2, 0.25) is 5.60 Å². The minimum absolute atomic E-state index is 0.0157. The molecule has 168 valence electrons. The minimum atomic E-state index is -1.90. The van der Waals surface area contributed by atoms with Crippen LogP contribution in [0.1, 0.15) is 59.9 Å². The molecule has 1 aromatic rings. The first kappa shape index (κ1) is 23.2. The van der Waals surface area contributed by atoms with Crippen LogP contribution in [0.2, 0.25) is 0 Å². The van der Waals surface area contributed by atoms with E-state index in [4.69, 9.17) is 14.2 Å². The molecule has 2 aliphatic heterocycles. The van der Waals surface area contributed by atoms with E-state index in [2.05, 4.69) is 0 Å². The first-order chi connectivity index (χ1) is 14.4. The molecule has 2 bridgehead atoms. The topological polar surface area (TPSA) is 78.9 Å². The molecule has 2 aliphatic rings. The lowest BCUT2D eigenvalue weighted by Crippen LogP contribution is -2.54. The predicted octanol–water partition coefficient (Wildman–Crippen LogP) is 4.16. The summed E-state index contributed by atoms with van der Waals surface area (Å²) in [6.45, 7) is 10.9. The Kier molecular flexibility index (Phi) is 6.16. The molecule has 3 rings (SSSR count). The molecule has 0 spiro atoms. The number of Topliss-reactive ketones (excluding diaryl/α,β-unsaturated/α-hetero) is 1. The van der Waals surface area contributed by atoms with Gasteiger partial charge in [-0.3, -0.25) is 9.59 Å². The lowest BCUT2D eigenvalue weighted by atomic mass is 9.80. The Bertz CT molecular complexity index is 894. The summed E-state index contributed by atoms with van der Waals surface area (Å²) in [5.74, 6) is -2.51. The summed E-state index contributed by atoms with van der Waals surface area (Å²) in [5.41, 5.74) is -2.53. The molecule has 6 heteroatoms. The molecular weight excluding hydrogens is 396 g/mol. The van der Waals surface area contributed by atoms with E-state index in [1.165, 1.54) is 0 Å².